The Hall–Kier alpha value is -3.82. The number of nitrogens with zero attached hydrogens (tertiary/aromatic N) is 4. The number of anilines is 2. The second-order valence-electron chi connectivity index (χ2n) is 7.24. The van der Waals surface area contributed by atoms with Gasteiger partial charge >= 0.3 is 0 Å². The maximum Gasteiger partial charge on any atom is 0.144 e. The Morgan fingerprint density at radius 1 is 0.576 bits per heavy atom. The van der Waals surface area contributed by atoms with Crippen LogP contribution >= 0.6 is 22.7 Å². The number of fused-ring (bicyclic) bond motifs is 2. The van der Waals surface area contributed by atoms with E-state index in [-0.39, 0.29) is 11.6 Å². The highest BCUT2D eigenvalue weighted by Gasteiger charge is 2.17. The SMILES string of the molecule is Fc1ccc(-c2csc3ncnc(Nc4ncnc5scc(-c6ccc(F)cc6)c45)c23)cc1. The van der Waals surface area contributed by atoms with Gasteiger partial charge in [-0.2, -0.15) is 0 Å². The van der Waals surface area contributed by atoms with Gasteiger partial charge in [0.1, 0.15) is 45.6 Å². The molecule has 0 saturated heterocycles. The van der Waals surface area contributed by atoms with Gasteiger partial charge in [-0.3, -0.25) is 0 Å². The third-order valence-corrected chi connectivity index (χ3v) is 7.06. The molecule has 2 aromatic carbocycles. The van der Waals surface area contributed by atoms with Gasteiger partial charge in [0.25, 0.3) is 0 Å². The summed E-state index contributed by atoms with van der Waals surface area (Å²) in [7, 11) is 0. The van der Waals surface area contributed by atoms with Crippen LogP contribution in [0.4, 0.5) is 20.4 Å². The standard InChI is InChI=1S/C24H13F2N5S2/c25-15-5-1-13(2-6-15)17-9-32-23-19(17)21(27-11-29-23)31-22-20-18(10-33-24(20)30-12-28-22)14-3-7-16(26)8-4-14/h1-12H,(H,27,28,29,30,31). The van der Waals surface area contributed by atoms with Gasteiger partial charge in [0, 0.05) is 21.9 Å². The highest BCUT2D eigenvalue weighted by atomic mass is 32.1. The molecule has 33 heavy (non-hydrogen) atoms. The first-order chi connectivity index (χ1) is 16.2. The summed E-state index contributed by atoms with van der Waals surface area (Å²) in [5, 5.41) is 9.01. The number of aromatic nitrogens is 4. The monoisotopic (exact) mass is 473 g/mol. The summed E-state index contributed by atoms with van der Waals surface area (Å²) in [6, 6.07) is 12.7. The molecule has 0 aliphatic rings. The van der Waals surface area contributed by atoms with E-state index in [4.69, 9.17) is 0 Å². The van der Waals surface area contributed by atoms with Crippen LogP contribution in [0.15, 0.2) is 71.9 Å². The predicted octanol–water partition coefficient (Wildman–Crippen LogP) is 7.05. The van der Waals surface area contributed by atoms with E-state index in [2.05, 4.69) is 25.3 Å². The van der Waals surface area contributed by atoms with E-state index in [0.717, 1.165) is 42.7 Å². The molecule has 0 spiro atoms. The lowest BCUT2D eigenvalue weighted by Crippen LogP contribution is -1.99. The number of hydrogen-bond acceptors (Lipinski definition) is 7. The van der Waals surface area contributed by atoms with Crippen LogP contribution in [0.2, 0.25) is 0 Å². The summed E-state index contributed by atoms with van der Waals surface area (Å²) in [6.07, 6.45) is 3.00. The fourth-order valence-corrected chi connectivity index (χ4v) is 5.57. The lowest BCUT2D eigenvalue weighted by molar-refractivity contribution is 0.627. The Kier molecular flexibility index (Phi) is 4.78. The van der Waals surface area contributed by atoms with Crippen LogP contribution in [0.25, 0.3) is 42.7 Å². The predicted molar refractivity (Wildman–Crippen MR) is 129 cm³/mol. The summed E-state index contributed by atoms with van der Waals surface area (Å²) in [5.74, 6) is 0.609. The molecule has 0 unspecified atom stereocenters. The molecule has 0 atom stereocenters. The van der Waals surface area contributed by atoms with Crippen LogP contribution < -0.4 is 5.32 Å². The topological polar surface area (TPSA) is 63.6 Å². The van der Waals surface area contributed by atoms with Gasteiger partial charge in [0.2, 0.25) is 0 Å². The molecule has 1 N–H and O–H groups in total. The molecule has 0 bridgehead atoms. The van der Waals surface area contributed by atoms with Gasteiger partial charge in [0.15, 0.2) is 0 Å². The Labute approximate surface area is 194 Å². The van der Waals surface area contributed by atoms with Crippen molar-refractivity contribution >= 4 is 54.7 Å². The number of rotatable bonds is 4. The van der Waals surface area contributed by atoms with E-state index >= 15 is 0 Å². The van der Waals surface area contributed by atoms with E-state index in [1.165, 1.54) is 59.6 Å². The van der Waals surface area contributed by atoms with Crippen molar-refractivity contribution in [3.8, 4) is 22.3 Å². The molecule has 5 nitrogen and oxygen atoms in total. The van der Waals surface area contributed by atoms with Crippen molar-refractivity contribution in [1.29, 1.82) is 0 Å². The molecule has 0 saturated carbocycles. The maximum absolute atomic E-state index is 13.5. The van der Waals surface area contributed by atoms with Gasteiger partial charge in [-0.15, -0.1) is 22.7 Å². The van der Waals surface area contributed by atoms with Gasteiger partial charge in [-0.05, 0) is 35.4 Å². The average molecular weight is 474 g/mol. The summed E-state index contributed by atoms with van der Waals surface area (Å²) < 4.78 is 26.9. The minimum Gasteiger partial charge on any atom is -0.324 e. The highest BCUT2D eigenvalue weighted by Crippen LogP contribution is 2.40. The van der Waals surface area contributed by atoms with Crippen LogP contribution in [0.1, 0.15) is 0 Å². The zero-order chi connectivity index (χ0) is 22.4. The minimum atomic E-state index is -0.290. The Balaban J connectivity index is 1.50. The van der Waals surface area contributed by atoms with E-state index in [9.17, 15) is 8.78 Å². The highest BCUT2D eigenvalue weighted by molar-refractivity contribution is 7.17. The van der Waals surface area contributed by atoms with Crippen LogP contribution in [0.5, 0.6) is 0 Å². The maximum atomic E-state index is 13.5. The molecule has 0 fully saturated rings. The van der Waals surface area contributed by atoms with Crippen LogP contribution in [0.3, 0.4) is 0 Å². The number of benzene rings is 2. The second kappa shape index (κ2) is 7.95. The second-order valence-corrected chi connectivity index (χ2v) is 8.96. The smallest absolute Gasteiger partial charge is 0.144 e. The summed E-state index contributed by atoms with van der Waals surface area (Å²) >= 11 is 2.99. The molecule has 6 aromatic rings. The molecule has 4 aromatic heterocycles. The third-order valence-electron chi connectivity index (χ3n) is 5.29. The minimum absolute atomic E-state index is 0.290. The number of nitrogens with one attached hydrogen (secondary N) is 1. The molecule has 160 valence electrons. The molecule has 0 aliphatic carbocycles. The third kappa shape index (κ3) is 3.51. The van der Waals surface area contributed by atoms with Gasteiger partial charge in [-0.25, -0.2) is 28.7 Å². The fourth-order valence-electron chi connectivity index (χ4n) is 3.74. The summed E-state index contributed by atoms with van der Waals surface area (Å²) in [5.41, 5.74) is 3.56. The summed E-state index contributed by atoms with van der Waals surface area (Å²) in [4.78, 5) is 19.4. The van der Waals surface area contributed by atoms with Crippen molar-refractivity contribution in [2.24, 2.45) is 0 Å². The van der Waals surface area contributed by atoms with Crippen molar-refractivity contribution in [3.05, 3.63) is 83.6 Å². The molecule has 6 rings (SSSR count). The molecule has 9 heteroatoms. The fraction of sp³-hybridized carbons (Fsp3) is 0. The summed E-state index contributed by atoms with van der Waals surface area (Å²) in [6.45, 7) is 0. The van der Waals surface area contributed by atoms with Crippen molar-refractivity contribution in [2.75, 3.05) is 5.32 Å². The normalized spacial score (nSPS) is 11.3. The van der Waals surface area contributed by atoms with Gasteiger partial charge < -0.3 is 5.32 Å². The molecular weight excluding hydrogens is 460 g/mol. The Bertz CT molecular complexity index is 1490. The van der Waals surface area contributed by atoms with Crippen molar-refractivity contribution in [3.63, 3.8) is 0 Å². The van der Waals surface area contributed by atoms with E-state index in [0.29, 0.717) is 11.6 Å². The number of hydrogen-bond donors (Lipinski definition) is 1. The molecule has 4 heterocycles. The quantitative estimate of drug-likeness (QED) is 0.297. The molecule has 0 aliphatic heterocycles. The lowest BCUT2D eigenvalue weighted by atomic mass is 10.1. The van der Waals surface area contributed by atoms with Crippen molar-refractivity contribution < 1.29 is 8.78 Å². The zero-order valence-electron chi connectivity index (χ0n) is 16.8. The zero-order valence-corrected chi connectivity index (χ0v) is 18.4. The Morgan fingerprint density at radius 2 is 1.00 bits per heavy atom. The van der Waals surface area contributed by atoms with Crippen molar-refractivity contribution in [2.45, 2.75) is 0 Å². The van der Waals surface area contributed by atoms with E-state index in [1.54, 1.807) is 24.3 Å². The van der Waals surface area contributed by atoms with Crippen LogP contribution in [-0.2, 0) is 0 Å². The van der Waals surface area contributed by atoms with Crippen LogP contribution in [-0.4, -0.2) is 19.9 Å². The number of thiophene rings is 2. The molecule has 0 radical (unpaired) electrons. The first-order valence-electron chi connectivity index (χ1n) is 9.90. The largest absolute Gasteiger partial charge is 0.324 e. The first-order valence-corrected chi connectivity index (χ1v) is 11.7. The first kappa shape index (κ1) is 19.8. The van der Waals surface area contributed by atoms with Crippen molar-refractivity contribution in [1.82, 2.24) is 19.9 Å². The van der Waals surface area contributed by atoms with E-state index in [1.807, 2.05) is 10.8 Å². The molecule has 0 amide bonds. The number of halogens is 2. The molecular formula is C24H13F2N5S2. The van der Waals surface area contributed by atoms with Crippen LogP contribution in [0, 0.1) is 11.6 Å². The Morgan fingerprint density at radius 3 is 1.42 bits per heavy atom. The lowest BCUT2D eigenvalue weighted by Gasteiger charge is -2.10. The van der Waals surface area contributed by atoms with E-state index < -0.39 is 0 Å². The van der Waals surface area contributed by atoms with Gasteiger partial charge in [-0.1, -0.05) is 24.3 Å². The van der Waals surface area contributed by atoms with Gasteiger partial charge in [0.05, 0.1) is 10.8 Å². The average Bonchev–Trinajstić information content (AvgIpc) is 3.46.